The van der Waals surface area contributed by atoms with Gasteiger partial charge in [-0.15, -0.1) is 6.58 Å². The van der Waals surface area contributed by atoms with Gasteiger partial charge < -0.3 is 14.8 Å². The van der Waals surface area contributed by atoms with E-state index in [0.29, 0.717) is 0 Å². The number of ether oxygens (including phenoxy) is 2. The fourth-order valence-corrected chi connectivity index (χ4v) is 2.29. The fraction of sp³-hybridized carbons (Fsp3) is 0.818. The lowest BCUT2D eigenvalue weighted by molar-refractivity contribution is -0.0827. The van der Waals surface area contributed by atoms with Gasteiger partial charge in [-0.05, 0) is 26.8 Å². The Bertz CT molecular complexity index is 139. The van der Waals surface area contributed by atoms with Gasteiger partial charge in [0.2, 0.25) is 0 Å². The first-order valence-electron chi connectivity index (χ1n) is 5.63. The minimum absolute atomic E-state index is 0.0133. The summed E-state index contributed by atoms with van der Waals surface area (Å²) in [5, 5.41) is 3.28. The molecule has 0 atom stereocenters. The number of hydrogen-bond donors (Lipinski definition) is 1. The van der Waals surface area contributed by atoms with Crippen LogP contribution in [0.2, 0.25) is 6.04 Å². The first-order chi connectivity index (χ1) is 7.35. The van der Waals surface area contributed by atoms with Crippen LogP contribution in [0.15, 0.2) is 12.7 Å². The summed E-state index contributed by atoms with van der Waals surface area (Å²) < 4.78 is 10.9. The molecule has 0 saturated heterocycles. The van der Waals surface area contributed by atoms with Crippen molar-refractivity contribution in [2.24, 2.45) is 0 Å². The van der Waals surface area contributed by atoms with Crippen molar-refractivity contribution in [1.82, 2.24) is 5.32 Å². The Morgan fingerprint density at radius 3 is 2.53 bits per heavy atom. The zero-order valence-electron chi connectivity index (χ0n) is 9.92. The molecule has 0 bridgehead atoms. The van der Waals surface area contributed by atoms with E-state index in [0.717, 1.165) is 41.9 Å². The summed E-state index contributed by atoms with van der Waals surface area (Å²) in [6.45, 7) is 11.1. The lowest BCUT2D eigenvalue weighted by Gasteiger charge is -2.15. The van der Waals surface area contributed by atoms with Crippen LogP contribution in [0, 0.1) is 0 Å². The van der Waals surface area contributed by atoms with Gasteiger partial charge in [-0.1, -0.05) is 12.1 Å². The molecule has 0 saturated carbocycles. The number of nitrogens with one attached hydrogen (secondary N) is 1. The van der Waals surface area contributed by atoms with E-state index < -0.39 is 0 Å². The van der Waals surface area contributed by atoms with Gasteiger partial charge in [0.1, 0.15) is 15.4 Å². The quantitative estimate of drug-likeness (QED) is 0.253. The largest absolute Gasteiger partial charge is 0.357 e. The minimum atomic E-state index is 0.0133. The molecule has 0 fully saturated rings. The molecule has 0 aliphatic rings. The Balaban J connectivity index is 3.31. The van der Waals surface area contributed by atoms with Crippen LogP contribution in [0.1, 0.15) is 20.3 Å². The number of hydrogen-bond acceptors (Lipinski definition) is 3. The number of rotatable bonds is 11. The normalized spacial score (nSPS) is 10.9. The van der Waals surface area contributed by atoms with E-state index in [1.807, 2.05) is 19.9 Å². The molecule has 0 amide bonds. The third-order valence-electron chi connectivity index (χ3n) is 1.77. The van der Waals surface area contributed by atoms with Gasteiger partial charge in [-0.25, -0.2) is 0 Å². The molecule has 0 heterocycles. The highest BCUT2D eigenvalue weighted by atomic mass is 28.2. The van der Waals surface area contributed by atoms with E-state index in [9.17, 15) is 0 Å². The van der Waals surface area contributed by atoms with Crippen LogP contribution in [-0.4, -0.2) is 41.7 Å². The van der Waals surface area contributed by atoms with Crippen molar-refractivity contribution in [1.29, 1.82) is 0 Å². The SMILES string of the molecule is C=CCNCCC[Si]C(OCC)OCC. The highest BCUT2D eigenvalue weighted by molar-refractivity contribution is 6.36. The predicted molar refractivity (Wildman–Crippen MR) is 65.3 cm³/mol. The summed E-state index contributed by atoms with van der Waals surface area (Å²) in [6, 6.07) is 1.16. The molecule has 0 aromatic carbocycles. The van der Waals surface area contributed by atoms with Gasteiger partial charge in [-0.3, -0.25) is 0 Å². The molecule has 0 rings (SSSR count). The van der Waals surface area contributed by atoms with Crippen molar-refractivity contribution in [2.75, 3.05) is 26.3 Å². The monoisotopic (exact) mass is 229 g/mol. The van der Waals surface area contributed by atoms with E-state index in [1.165, 1.54) is 6.42 Å². The van der Waals surface area contributed by atoms with Crippen LogP contribution < -0.4 is 5.32 Å². The average molecular weight is 229 g/mol. The maximum atomic E-state index is 5.46. The lowest BCUT2D eigenvalue weighted by Crippen LogP contribution is -2.25. The van der Waals surface area contributed by atoms with E-state index >= 15 is 0 Å². The van der Waals surface area contributed by atoms with Crippen molar-refractivity contribution in [3.05, 3.63) is 12.7 Å². The summed E-state index contributed by atoms with van der Waals surface area (Å²) in [4.78, 5) is 0. The third kappa shape index (κ3) is 10.1. The Morgan fingerprint density at radius 1 is 1.33 bits per heavy atom. The summed E-state index contributed by atoms with van der Waals surface area (Å²) in [5.74, 6) is 0.0133. The van der Waals surface area contributed by atoms with Crippen molar-refractivity contribution < 1.29 is 9.47 Å². The molecule has 4 heteroatoms. The van der Waals surface area contributed by atoms with E-state index in [2.05, 4.69) is 11.9 Å². The van der Waals surface area contributed by atoms with Crippen molar-refractivity contribution in [3.8, 4) is 0 Å². The molecule has 0 aromatic heterocycles. The van der Waals surface area contributed by atoms with E-state index in [4.69, 9.17) is 9.47 Å². The second-order valence-corrected chi connectivity index (χ2v) is 4.42. The smallest absolute Gasteiger partial charge is 0.137 e. The lowest BCUT2D eigenvalue weighted by atomic mass is 10.4. The first-order valence-corrected chi connectivity index (χ1v) is 6.91. The molecular weight excluding hydrogens is 206 g/mol. The first kappa shape index (κ1) is 14.8. The van der Waals surface area contributed by atoms with Gasteiger partial charge in [-0.2, -0.15) is 0 Å². The Labute approximate surface area is 96.1 Å². The predicted octanol–water partition coefficient (Wildman–Crippen LogP) is 1.63. The summed E-state index contributed by atoms with van der Waals surface area (Å²) in [7, 11) is 0.739. The molecule has 15 heavy (non-hydrogen) atoms. The van der Waals surface area contributed by atoms with Crippen LogP contribution in [0.5, 0.6) is 0 Å². The van der Waals surface area contributed by atoms with Gasteiger partial charge >= 0.3 is 0 Å². The maximum absolute atomic E-state index is 5.46. The van der Waals surface area contributed by atoms with Gasteiger partial charge in [0.25, 0.3) is 0 Å². The summed E-state index contributed by atoms with van der Waals surface area (Å²) >= 11 is 0. The Kier molecular flexibility index (Phi) is 11.8. The second-order valence-electron chi connectivity index (χ2n) is 3.04. The van der Waals surface area contributed by atoms with Crippen LogP contribution in [0.25, 0.3) is 0 Å². The average Bonchev–Trinajstić information content (AvgIpc) is 2.24. The molecule has 0 aromatic rings. The molecule has 0 spiro atoms. The standard InChI is InChI=1S/C11H23NO2Si/c1-4-8-12-9-7-10-15-11(13-5-2)14-6-3/h4,11-12H,1,5-10H2,2-3H3. The molecule has 2 radical (unpaired) electrons. The van der Waals surface area contributed by atoms with Gasteiger partial charge in [0, 0.05) is 19.8 Å². The molecular formula is C11H23NO2Si. The van der Waals surface area contributed by atoms with Crippen molar-refractivity contribution in [2.45, 2.75) is 32.2 Å². The summed E-state index contributed by atoms with van der Waals surface area (Å²) in [5.41, 5.74) is 0. The van der Waals surface area contributed by atoms with E-state index in [1.54, 1.807) is 0 Å². The fourth-order valence-electron chi connectivity index (χ4n) is 1.11. The molecule has 0 aliphatic carbocycles. The second kappa shape index (κ2) is 11.9. The zero-order valence-corrected chi connectivity index (χ0v) is 10.9. The summed E-state index contributed by atoms with van der Waals surface area (Å²) in [6.07, 6.45) is 3.05. The third-order valence-corrected chi connectivity index (χ3v) is 3.07. The Hall–Kier alpha value is -0.163. The van der Waals surface area contributed by atoms with Crippen LogP contribution in [0.4, 0.5) is 0 Å². The maximum Gasteiger partial charge on any atom is 0.137 e. The topological polar surface area (TPSA) is 30.5 Å². The highest BCUT2D eigenvalue weighted by Gasteiger charge is 2.07. The molecule has 3 nitrogen and oxygen atoms in total. The zero-order chi connectivity index (χ0) is 11.4. The Morgan fingerprint density at radius 2 is 2.00 bits per heavy atom. The van der Waals surface area contributed by atoms with Gasteiger partial charge in [0.05, 0.1) is 0 Å². The van der Waals surface area contributed by atoms with Crippen LogP contribution in [-0.2, 0) is 9.47 Å². The molecule has 88 valence electrons. The minimum Gasteiger partial charge on any atom is -0.357 e. The molecule has 0 unspecified atom stereocenters. The van der Waals surface area contributed by atoms with Crippen molar-refractivity contribution in [3.63, 3.8) is 0 Å². The molecule has 0 aliphatic heterocycles. The van der Waals surface area contributed by atoms with Crippen LogP contribution >= 0.6 is 0 Å². The van der Waals surface area contributed by atoms with Crippen molar-refractivity contribution >= 4 is 9.52 Å². The van der Waals surface area contributed by atoms with Gasteiger partial charge in [0.15, 0.2) is 0 Å². The van der Waals surface area contributed by atoms with Crippen LogP contribution in [0.3, 0.4) is 0 Å². The highest BCUT2D eigenvalue weighted by Crippen LogP contribution is 1.98. The molecule has 1 N–H and O–H groups in total. The van der Waals surface area contributed by atoms with E-state index in [-0.39, 0.29) is 5.91 Å².